The van der Waals surface area contributed by atoms with Gasteiger partial charge in [0.2, 0.25) is 0 Å². The van der Waals surface area contributed by atoms with E-state index in [0.29, 0.717) is 0 Å². The molecule has 1 atom stereocenters. The molecule has 0 aliphatic heterocycles. The van der Waals surface area contributed by atoms with Crippen LogP contribution in [-0.2, 0) is 4.79 Å². The molecular weight excluding hydrogens is 157 g/mol. The molecule has 0 bridgehead atoms. The zero-order valence-electron chi connectivity index (χ0n) is 5.58. The summed E-state index contributed by atoms with van der Waals surface area (Å²) in [5, 5.41) is 37.4. The zero-order valence-corrected chi connectivity index (χ0v) is 5.58. The Balaban J connectivity index is 0. The van der Waals surface area contributed by atoms with Crippen LogP contribution in [0.2, 0.25) is 0 Å². The Morgan fingerprint density at radius 3 is 1.73 bits per heavy atom. The fourth-order valence-corrected chi connectivity index (χ4v) is 0.0781. The number of carbonyl (C=O) groups is 1. The third-order valence-electron chi connectivity index (χ3n) is 0.514. The summed E-state index contributed by atoms with van der Waals surface area (Å²) in [6, 6.07) is -1.13. The summed E-state index contributed by atoms with van der Waals surface area (Å²) in [5.41, 5.74) is 4.77. The molecule has 0 saturated carbocycles. The molecule has 0 aromatic carbocycles. The maximum atomic E-state index is 9.65. The molecule has 0 saturated heterocycles. The number of carboxylic acids is 1. The van der Waals surface area contributed by atoms with E-state index in [1.807, 2.05) is 0 Å². The van der Waals surface area contributed by atoms with Gasteiger partial charge in [-0.25, -0.2) is 0 Å². The van der Waals surface area contributed by atoms with Crippen molar-refractivity contribution in [3.63, 3.8) is 0 Å². The van der Waals surface area contributed by atoms with Gasteiger partial charge in [-0.05, 0) is 0 Å². The van der Waals surface area contributed by atoms with Crippen molar-refractivity contribution in [1.29, 1.82) is 0 Å². The van der Waals surface area contributed by atoms with Crippen molar-refractivity contribution in [3.05, 3.63) is 0 Å². The van der Waals surface area contributed by atoms with E-state index in [4.69, 9.17) is 31.0 Å². The van der Waals surface area contributed by atoms with Gasteiger partial charge in [-0.3, -0.25) is 4.79 Å². The van der Waals surface area contributed by atoms with Crippen molar-refractivity contribution in [1.82, 2.24) is 0 Å². The molecule has 7 N–H and O–H groups in total. The van der Waals surface area contributed by atoms with Gasteiger partial charge in [0.05, 0.1) is 6.61 Å². The number of aliphatic carboxylic acids is 1. The molecule has 8 heteroatoms. The second-order valence-corrected chi connectivity index (χ2v) is 1.47. The Hall–Kier alpha value is -0.665. The van der Waals surface area contributed by atoms with E-state index in [0.717, 1.165) is 0 Å². The van der Waals surface area contributed by atoms with Gasteiger partial charge in [-0.15, -0.1) is 0 Å². The summed E-state index contributed by atoms with van der Waals surface area (Å²) >= 11 is 0. The third kappa shape index (κ3) is 17.6. The first-order valence-electron chi connectivity index (χ1n) is 2.55. The minimum absolute atomic E-state index is 0.505. The van der Waals surface area contributed by atoms with E-state index in [-0.39, 0.29) is 0 Å². The highest BCUT2D eigenvalue weighted by molar-refractivity contribution is 6.30. The molecular formula is C3H10BNO6. The van der Waals surface area contributed by atoms with Gasteiger partial charge in [0.25, 0.3) is 0 Å². The molecule has 0 aromatic heterocycles. The van der Waals surface area contributed by atoms with E-state index >= 15 is 0 Å². The Morgan fingerprint density at radius 2 is 1.73 bits per heavy atom. The Bertz CT molecular complexity index is 105. The minimum Gasteiger partial charge on any atom is -0.480 e. The fraction of sp³-hybridized carbons (Fsp3) is 0.667. The molecule has 7 nitrogen and oxygen atoms in total. The van der Waals surface area contributed by atoms with Gasteiger partial charge < -0.3 is 31.0 Å². The maximum Gasteiger partial charge on any atom is 0.631 e. The normalized spacial score (nSPS) is 11.0. The first kappa shape index (κ1) is 13.0. The predicted molar refractivity (Wildman–Crippen MR) is 35.1 cm³/mol. The largest absolute Gasteiger partial charge is 0.631 e. The molecule has 11 heavy (non-hydrogen) atoms. The number of aliphatic hydroxyl groups is 1. The van der Waals surface area contributed by atoms with E-state index in [1.54, 1.807) is 0 Å². The fourth-order valence-electron chi connectivity index (χ4n) is 0.0781. The van der Waals surface area contributed by atoms with Crippen molar-refractivity contribution in [3.8, 4) is 0 Å². The highest BCUT2D eigenvalue weighted by Gasteiger charge is 2.06. The number of carboxylic acid groups (broad SMARTS) is 1. The molecule has 0 spiro atoms. The van der Waals surface area contributed by atoms with Crippen LogP contribution < -0.4 is 5.73 Å². The number of hydrogen-bond donors (Lipinski definition) is 6. The van der Waals surface area contributed by atoms with Crippen molar-refractivity contribution in [2.75, 3.05) is 6.61 Å². The van der Waals surface area contributed by atoms with Gasteiger partial charge >= 0.3 is 13.3 Å². The first-order valence-corrected chi connectivity index (χ1v) is 2.55. The number of aliphatic hydroxyl groups excluding tert-OH is 1. The average Bonchev–Trinajstić information content (AvgIpc) is 1.85. The van der Waals surface area contributed by atoms with Crippen LogP contribution in [0.3, 0.4) is 0 Å². The van der Waals surface area contributed by atoms with Crippen molar-refractivity contribution < 1.29 is 30.1 Å². The Labute approximate surface area is 62.9 Å². The van der Waals surface area contributed by atoms with Gasteiger partial charge in [0.15, 0.2) is 0 Å². The maximum absolute atomic E-state index is 9.65. The van der Waals surface area contributed by atoms with Gasteiger partial charge in [-0.2, -0.15) is 0 Å². The lowest BCUT2D eigenvalue weighted by Crippen LogP contribution is -2.33. The second-order valence-electron chi connectivity index (χ2n) is 1.47. The molecule has 66 valence electrons. The minimum atomic E-state index is -2.17. The summed E-state index contributed by atoms with van der Waals surface area (Å²) in [7, 11) is -2.17. The van der Waals surface area contributed by atoms with Crippen LogP contribution in [-0.4, -0.2) is 51.2 Å². The quantitative estimate of drug-likeness (QED) is 0.232. The van der Waals surface area contributed by atoms with Gasteiger partial charge in [-0.1, -0.05) is 0 Å². The highest BCUT2D eigenvalue weighted by Crippen LogP contribution is 1.71. The molecule has 0 radical (unpaired) electrons. The van der Waals surface area contributed by atoms with Gasteiger partial charge in [0, 0.05) is 0 Å². The van der Waals surface area contributed by atoms with E-state index in [9.17, 15) is 4.79 Å². The lowest BCUT2D eigenvalue weighted by molar-refractivity contribution is -0.139. The first-order chi connectivity index (χ1) is 4.91. The van der Waals surface area contributed by atoms with E-state index in [2.05, 4.69) is 0 Å². The lowest BCUT2D eigenvalue weighted by atomic mass is 10.3. The third-order valence-corrected chi connectivity index (χ3v) is 0.514. The molecule has 0 rings (SSSR count). The van der Waals surface area contributed by atoms with Crippen LogP contribution in [0, 0.1) is 0 Å². The van der Waals surface area contributed by atoms with Crippen LogP contribution in [0.25, 0.3) is 0 Å². The van der Waals surface area contributed by atoms with Crippen LogP contribution in [0.15, 0.2) is 0 Å². The number of rotatable bonds is 2. The SMILES string of the molecule is N[C@@H](CO)C(=O)O.OB(O)O. The van der Waals surface area contributed by atoms with Crippen molar-refractivity contribution in [2.24, 2.45) is 5.73 Å². The summed E-state index contributed by atoms with van der Waals surface area (Å²) in [6.07, 6.45) is 0. The van der Waals surface area contributed by atoms with Crippen LogP contribution >= 0.6 is 0 Å². The smallest absolute Gasteiger partial charge is 0.480 e. The highest BCUT2D eigenvalue weighted by atomic mass is 16.5. The Kier molecular flexibility index (Phi) is 8.77. The van der Waals surface area contributed by atoms with Crippen molar-refractivity contribution in [2.45, 2.75) is 6.04 Å². The lowest BCUT2D eigenvalue weighted by Gasteiger charge is -1.96. The van der Waals surface area contributed by atoms with Crippen LogP contribution in [0.5, 0.6) is 0 Å². The number of hydrogen-bond acceptors (Lipinski definition) is 6. The molecule has 0 fully saturated rings. The molecule has 0 amide bonds. The molecule has 0 heterocycles. The topological polar surface area (TPSA) is 144 Å². The summed E-state index contributed by atoms with van der Waals surface area (Å²) in [5.74, 6) is -1.18. The van der Waals surface area contributed by atoms with E-state index in [1.165, 1.54) is 0 Å². The van der Waals surface area contributed by atoms with Crippen molar-refractivity contribution >= 4 is 13.3 Å². The zero-order chi connectivity index (χ0) is 9.44. The van der Waals surface area contributed by atoms with Gasteiger partial charge in [0.1, 0.15) is 6.04 Å². The Morgan fingerprint density at radius 1 is 1.45 bits per heavy atom. The summed E-state index contributed by atoms with van der Waals surface area (Å²) in [4.78, 5) is 9.65. The van der Waals surface area contributed by atoms with Crippen LogP contribution in [0.4, 0.5) is 0 Å². The van der Waals surface area contributed by atoms with Crippen LogP contribution in [0.1, 0.15) is 0 Å². The molecule has 0 aliphatic rings. The standard InChI is InChI=1S/C3H7NO3.BH3O3/c4-2(1-5)3(6)7;2-1(3)4/h2,5H,1,4H2,(H,6,7);2-4H/t2-;/m0./s1. The number of nitrogens with two attached hydrogens (primary N) is 1. The monoisotopic (exact) mass is 167 g/mol. The summed E-state index contributed by atoms with van der Waals surface area (Å²) in [6.45, 7) is -0.505. The second kappa shape index (κ2) is 7.44. The van der Waals surface area contributed by atoms with E-state index < -0.39 is 25.9 Å². The predicted octanol–water partition coefficient (Wildman–Crippen LogP) is -3.66. The molecule has 0 aliphatic carbocycles. The molecule has 0 unspecified atom stereocenters. The average molecular weight is 167 g/mol. The molecule has 0 aromatic rings. The summed E-state index contributed by atoms with van der Waals surface area (Å²) < 4.78 is 0.